The fraction of sp³-hybridized carbons (Fsp3) is 1.00. The molecule has 0 saturated heterocycles. The van der Waals surface area contributed by atoms with E-state index in [0.717, 1.165) is 57.8 Å². The van der Waals surface area contributed by atoms with Gasteiger partial charge in [-0.1, -0.05) is 78.6 Å². The molecule has 0 aromatic carbocycles. The van der Waals surface area contributed by atoms with Crippen molar-refractivity contribution < 1.29 is 13.2 Å². The molecule has 1 atom stereocenters. The Hall–Kier alpha value is -0.210. The van der Waals surface area contributed by atoms with E-state index in [2.05, 4.69) is 13.8 Å². The summed E-state index contributed by atoms with van der Waals surface area (Å²) in [5, 5.41) is 0. The summed E-state index contributed by atoms with van der Waals surface area (Å²) in [6.07, 6.45) is 6.65. The molecule has 0 rings (SSSR count). The summed E-state index contributed by atoms with van der Waals surface area (Å²) < 4.78 is 38.3. The molecule has 0 spiro atoms. The van der Waals surface area contributed by atoms with Crippen molar-refractivity contribution in [1.29, 1.82) is 0 Å². The zero-order valence-corrected chi connectivity index (χ0v) is 13.6. The third-order valence-electron chi connectivity index (χ3n) is 4.14. The van der Waals surface area contributed by atoms with Gasteiger partial charge < -0.3 is 0 Å². The molecule has 0 aliphatic rings. The molecule has 0 N–H and O–H groups in total. The van der Waals surface area contributed by atoms with Gasteiger partial charge in [0.05, 0.1) is 0 Å². The highest BCUT2D eigenvalue weighted by Crippen LogP contribution is 2.41. The summed E-state index contributed by atoms with van der Waals surface area (Å²) in [7, 11) is 0. The SMILES string of the molecule is CCCCCCCC(C)(CCCCCC)CC(F)(F)F. The van der Waals surface area contributed by atoms with Crippen LogP contribution >= 0.6 is 0 Å². The Balaban J connectivity index is 4.16. The maximum Gasteiger partial charge on any atom is 0.389 e. The van der Waals surface area contributed by atoms with Crippen molar-refractivity contribution in [2.45, 2.75) is 104 Å². The van der Waals surface area contributed by atoms with E-state index < -0.39 is 18.0 Å². The van der Waals surface area contributed by atoms with Crippen LogP contribution in [0, 0.1) is 5.41 Å². The molecule has 0 aliphatic carbocycles. The lowest BCUT2D eigenvalue weighted by atomic mass is 9.77. The number of unbranched alkanes of at least 4 members (excludes halogenated alkanes) is 7. The van der Waals surface area contributed by atoms with E-state index in [4.69, 9.17) is 0 Å². The number of alkyl halides is 3. The molecule has 122 valence electrons. The topological polar surface area (TPSA) is 0 Å². The molecule has 0 amide bonds. The molecule has 0 nitrogen and oxygen atoms in total. The molecule has 0 aliphatic heterocycles. The second-order valence-electron chi connectivity index (χ2n) is 6.58. The smallest absolute Gasteiger partial charge is 0.171 e. The van der Waals surface area contributed by atoms with Gasteiger partial charge in [-0.2, -0.15) is 13.2 Å². The summed E-state index contributed by atoms with van der Waals surface area (Å²) >= 11 is 0. The Kier molecular flexibility index (Phi) is 10.4. The van der Waals surface area contributed by atoms with Crippen molar-refractivity contribution in [1.82, 2.24) is 0 Å². The maximum absolute atomic E-state index is 12.8. The van der Waals surface area contributed by atoms with Crippen molar-refractivity contribution in [2.75, 3.05) is 0 Å². The normalized spacial score (nSPS) is 15.3. The molecule has 0 aromatic heterocycles. The van der Waals surface area contributed by atoms with Crippen LogP contribution in [0.1, 0.15) is 97.8 Å². The minimum atomic E-state index is -4.02. The summed E-state index contributed by atoms with van der Waals surface area (Å²) in [6.45, 7) is 6.12. The molecular weight excluding hydrogens is 261 g/mol. The highest BCUT2D eigenvalue weighted by Gasteiger charge is 2.38. The van der Waals surface area contributed by atoms with E-state index in [1.54, 1.807) is 0 Å². The molecule has 0 fully saturated rings. The van der Waals surface area contributed by atoms with Gasteiger partial charge in [0, 0.05) is 6.42 Å². The van der Waals surface area contributed by atoms with Gasteiger partial charge in [-0.25, -0.2) is 0 Å². The predicted molar refractivity (Wildman–Crippen MR) is 80.9 cm³/mol. The standard InChI is InChI=1S/C17H33F3/c1-4-6-8-10-12-14-16(3,15-17(18,19)20)13-11-9-7-5-2/h4-15H2,1-3H3. The Bertz CT molecular complexity index is 223. The Labute approximate surface area is 123 Å². The van der Waals surface area contributed by atoms with Gasteiger partial charge in [-0.15, -0.1) is 0 Å². The third kappa shape index (κ3) is 11.6. The lowest BCUT2D eigenvalue weighted by Crippen LogP contribution is -2.25. The van der Waals surface area contributed by atoms with Crippen LogP contribution in [-0.2, 0) is 0 Å². The number of rotatable bonds is 12. The first-order chi connectivity index (χ1) is 9.33. The fourth-order valence-electron chi connectivity index (χ4n) is 2.92. The number of halogens is 3. The highest BCUT2D eigenvalue weighted by molar-refractivity contribution is 4.78. The third-order valence-corrected chi connectivity index (χ3v) is 4.14. The van der Waals surface area contributed by atoms with E-state index in [9.17, 15) is 13.2 Å². The molecular formula is C17H33F3. The Morgan fingerprint density at radius 1 is 0.650 bits per heavy atom. The second kappa shape index (κ2) is 10.5. The number of hydrogen-bond acceptors (Lipinski definition) is 0. The fourth-order valence-corrected chi connectivity index (χ4v) is 2.92. The minimum absolute atomic E-state index is 0.543. The van der Waals surface area contributed by atoms with Gasteiger partial charge in [0.2, 0.25) is 0 Å². The largest absolute Gasteiger partial charge is 0.389 e. The van der Waals surface area contributed by atoms with Crippen LogP contribution in [0.4, 0.5) is 13.2 Å². The van der Waals surface area contributed by atoms with Gasteiger partial charge in [0.15, 0.2) is 0 Å². The van der Waals surface area contributed by atoms with E-state index in [1.165, 1.54) is 12.8 Å². The molecule has 3 heteroatoms. The zero-order chi connectivity index (χ0) is 15.5. The van der Waals surface area contributed by atoms with E-state index in [0.29, 0.717) is 0 Å². The average molecular weight is 294 g/mol. The predicted octanol–water partition coefficient (Wildman–Crippen LogP) is 7.28. The van der Waals surface area contributed by atoms with Crippen molar-refractivity contribution in [3.63, 3.8) is 0 Å². The molecule has 0 bridgehead atoms. The van der Waals surface area contributed by atoms with Gasteiger partial charge in [-0.05, 0) is 18.3 Å². The summed E-state index contributed by atoms with van der Waals surface area (Å²) in [6, 6.07) is 0. The van der Waals surface area contributed by atoms with Crippen LogP contribution in [0.15, 0.2) is 0 Å². The monoisotopic (exact) mass is 294 g/mol. The van der Waals surface area contributed by atoms with Crippen LogP contribution in [0.25, 0.3) is 0 Å². The molecule has 0 aromatic rings. The minimum Gasteiger partial charge on any atom is -0.171 e. The first-order valence-electron chi connectivity index (χ1n) is 8.40. The van der Waals surface area contributed by atoms with Gasteiger partial charge in [0.25, 0.3) is 0 Å². The first-order valence-corrected chi connectivity index (χ1v) is 8.40. The molecule has 0 heterocycles. The average Bonchev–Trinajstić information content (AvgIpc) is 2.32. The zero-order valence-electron chi connectivity index (χ0n) is 13.6. The summed E-state index contributed by atoms with van der Waals surface area (Å²) in [5.41, 5.74) is -0.543. The van der Waals surface area contributed by atoms with E-state index >= 15 is 0 Å². The second-order valence-corrected chi connectivity index (χ2v) is 6.58. The lowest BCUT2D eigenvalue weighted by Gasteiger charge is -2.31. The van der Waals surface area contributed by atoms with Crippen molar-refractivity contribution in [3.05, 3.63) is 0 Å². The van der Waals surface area contributed by atoms with Gasteiger partial charge >= 0.3 is 6.18 Å². The van der Waals surface area contributed by atoms with E-state index in [-0.39, 0.29) is 0 Å². The maximum atomic E-state index is 12.8. The van der Waals surface area contributed by atoms with Crippen molar-refractivity contribution >= 4 is 0 Å². The summed E-state index contributed by atoms with van der Waals surface area (Å²) in [5.74, 6) is 0. The van der Waals surface area contributed by atoms with Crippen LogP contribution in [-0.4, -0.2) is 6.18 Å². The molecule has 0 saturated carbocycles. The Morgan fingerprint density at radius 2 is 1.05 bits per heavy atom. The van der Waals surface area contributed by atoms with Crippen LogP contribution in [0.5, 0.6) is 0 Å². The quantitative estimate of drug-likeness (QED) is 0.332. The molecule has 1 unspecified atom stereocenters. The van der Waals surface area contributed by atoms with Crippen LogP contribution in [0.2, 0.25) is 0 Å². The highest BCUT2D eigenvalue weighted by atomic mass is 19.4. The van der Waals surface area contributed by atoms with E-state index in [1.807, 2.05) is 6.92 Å². The molecule has 0 radical (unpaired) electrons. The van der Waals surface area contributed by atoms with Crippen LogP contribution < -0.4 is 0 Å². The van der Waals surface area contributed by atoms with Gasteiger partial charge in [0.1, 0.15) is 0 Å². The molecule has 20 heavy (non-hydrogen) atoms. The van der Waals surface area contributed by atoms with Crippen LogP contribution in [0.3, 0.4) is 0 Å². The lowest BCUT2D eigenvalue weighted by molar-refractivity contribution is -0.158. The number of hydrogen-bond donors (Lipinski definition) is 0. The Morgan fingerprint density at radius 3 is 1.45 bits per heavy atom. The first kappa shape index (κ1) is 19.8. The summed E-state index contributed by atoms with van der Waals surface area (Å²) in [4.78, 5) is 0. The van der Waals surface area contributed by atoms with Crippen molar-refractivity contribution in [2.24, 2.45) is 5.41 Å². The van der Waals surface area contributed by atoms with Crippen molar-refractivity contribution in [3.8, 4) is 0 Å². The van der Waals surface area contributed by atoms with Gasteiger partial charge in [-0.3, -0.25) is 0 Å².